The SMILES string of the molecule is CC(Sc1nnc(-c2ccccc2)n1C)C(=O)Nc1cc([N+](=O)[O-])ccc1Cl. The molecule has 8 nitrogen and oxygen atoms in total. The molecule has 0 spiro atoms. The number of carbonyl (C=O) groups is 1. The Kier molecular flexibility index (Phi) is 5.96. The van der Waals surface area contributed by atoms with Crippen LogP contribution < -0.4 is 5.32 Å². The molecular formula is C18H16ClN5O3S. The molecule has 0 aliphatic heterocycles. The third-order valence-corrected chi connectivity index (χ3v) is 5.40. The van der Waals surface area contributed by atoms with Crippen LogP contribution in [0.3, 0.4) is 0 Å². The van der Waals surface area contributed by atoms with E-state index in [1.807, 2.05) is 41.9 Å². The third kappa shape index (κ3) is 4.32. The molecule has 3 aromatic rings. The van der Waals surface area contributed by atoms with Gasteiger partial charge in [-0.3, -0.25) is 14.9 Å². The monoisotopic (exact) mass is 417 g/mol. The maximum absolute atomic E-state index is 12.5. The van der Waals surface area contributed by atoms with Crippen LogP contribution in [0.4, 0.5) is 11.4 Å². The van der Waals surface area contributed by atoms with Crippen molar-refractivity contribution in [3.8, 4) is 11.4 Å². The summed E-state index contributed by atoms with van der Waals surface area (Å²) >= 11 is 7.27. The van der Waals surface area contributed by atoms with Crippen molar-refractivity contribution in [1.29, 1.82) is 0 Å². The van der Waals surface area contributed by atoms with Gasteiger partial charge in [0, 0.05) is 24.7 Å². The van der Waals surface area contributed by atoms with Crippen LogP contribution in [-0.4, -0.2) is 30.8 Å². The molecule has 0 saturated heterocycles. The number of halogens is 1. The Bertz CT molecular complexity index is 1030. The van der Waals surface area contributed by atoms with Crippen molar-refractivity contribution in [2.24, 2.45) is 7.05 Å². The minimum Gasteiger partial charge on any atom is -0.324 e. The third-order valence-electron chi connectivity index (χ3n) is 3.94. The standard InChI is InChI=1S/C18H16ClN5O3S/c1-11(17(25)20-15-10-13(24(26)27)8-9-14(15)19)28-18-22-21-16(23(18)2)12-6-4-3-5-7-12/h3-11H,1-2H3,(H,20,25). The molecule has 1 atom stereocenters. The van der Waals surface area contributed by atoms with E-state index in [0.717, 1.165) is 5.56 Å². The van der Waals surface area contributed by atoms with Gasteiger partial charge in [0.05, 0.1) is 20.9 Å². The second kappa shape index (κ2) is 8.41. The summed E-state index contributed by atoms with van der Waals surface area (Å²) in [6.45, 7) is 1.71. The van der Waals surface area contributed by atoms with Gasteiger partial charge in [-0.25, -0.2) is 0 Å². The highest BCUT2D eigenvalue weighted by Crippen LogP contribution is 2.29. The Hall–Kier alpha value is -2.91. The zero-order chi connectivity index (χ0) is 20.3. The van der Waals surface area contributed by atoms with E-state index >= 15 is 0 Å². The molecular weight excluding hydrogens is 402 g/mol. The Labute approximate surface area is 170 Å². The predicted molar refractivity (Wildman–Crippen MR) is 108 cm³/mol. The van der Waals surface area contributed by atoms with Crippen molar-refractivity contribution in [1.82, 2.24) is 14.8 Å². The molecule has 0 bridgehead atoms. The number of anilines is 1. The van der Waals surface area contributed by atoms with E-state index in [2.05, 4.69) is 15.5 Å². The molecule has 1 N–H and O–H groups in total. The molecule has 3 rings (SSSR count). The Morgan fingerprint density at radius 3 is 2.64 bits per heavy atom. The van der Waals surface area contributed by atoms with Gasteiger partial charge in [0.2, 0.25) is 5.91 Å². The topological polar surface area (TPSA) is 103 Å². The number of hydrogen-bond donors (Lipinski definition) is 1. The lowest BCUT2D eigenvalue weighted by molar-refractivity contribution is -0.384. The number of hydrogen-bond acceptors (Lipinski definition) is 6. The van der Waals surface area contributed by atoms with Crippen LogP contribution >= 0.6 is 23.4 Å². The number of amides is 1. The van der Waals surface area contributed by atoms with Crippen molar-refractivity contribution in [2.45, 2.75) is 17.3 Å². The molecule has 2 aromatic carbocycles. The number of nitro groups is 1. The molecule has 1 amide bonds. The molecule has 0 aliphatic carbocycles. The summed E-state index contributed by atoms with van der Waals surface area (Å²) in [5.74, 6) is 0.342. The largest absolute Gasteiger partial charge is 0.324 e. The first-order valence-electron chi connectivity index (χ1n) is 8.23. The maximum atomic E-state index is 12.5. The summed E-state index contributed by atoms with van der Waals surface area (Å²) in [6.07, 6.45) is 0. The molecule has 28 heavy (non-hydrogen) atoms. The van der Waals surface area contributed by atoms with E-state index in [9.17, 15) is 14.9 Å². The number of rotatable bonds is 6. The highest BCUT2D eigenvalue weighted by Gasteiger charge is 2.21. The van der Waals surface area contributed by atoms with E-state index in [-0.39, 0.29) is 22.3 Å². The minimum atomic E-state index is -0.547. The van der Waals surface area contributed by atoms with Gasteiger partial charge in [0.15, 0.2) is 11.0 Å². The molecule has 0 fully saturated rings. The average Bonchev–Trinajstić information content (AvgIpc) is 3.04. The molecule has 1 heterocycles. The van der Waals surface area contributed by atoms with Crippen LogP contribution in [-0.2, 0) is 11.8 Å². The normalized spacial score (nSPS) is 11.8. The first-order chi connectivity index (χ1) is 13.4. The van der Waals surface area contributed by atoms with Gasteiger partial charge in [0.1, 0.15) is 0 Å². The van der Waals surface area contributed by atoms with Gasteiger partial charge < -0.3 is 9.88 Å². The number of benzene rings is 2. The first kappa shape index (κ1) is 19.8. The molecule has 10 heteroatoms. The van der Waals surface area contributed by atoms with Crippen LogP contribution in [0.25, 0.3) is 11.4 Å². The summed E-state index contributed by atoms with van der Waals surface area (Å²) in [7, 11) is 1.83. The first-order valence-corrected chi connectivity index (χ1v) is 9.49. The van der Waals surface area contributed by atoms with Gasteiger partial charge in [-0.1, -0.05) is 53.7 Å². The van der Waals surface area contributed by atoms with E-state index in [0.29, 0.717) is 11.0 Å². The van der Waals surface area contributed by atoms with Crippen LogP contribution in [0.5, 0.6) is 0 Å². The van der Waals surface area contributed by atoms with E-state index in [1.54, 1.807) is 6.92 Å². The summed E-state index contributed by atoms with van der Waals surface area (Å²) < 4.78 is 1.81. The van der Waals surface area contributed by atoms with Gasteiger partial charge in [-0.2, -0.15) is 0 Å². The lowest BCUT2D eigenvalue weighted by Gasteiger charge is -2.12. The summed E-state index contributed by atoms with van der Waals surface area (Å²) in [6, 6.07) is 13.5. The van der Waals surface area contributed by atoms with Crippen LogP contribution in [0.2, 0.25) is 5.02 Å². The smallest absolute Gasteiger partial charge is 0.271 e. The molecule has 0 radical (unpaired) electrons. The zero-order valence-electron chi connectivity index (χ0n) is 15.0. The molecule has 0 aliphatic rings. The minimum absolute atomic E-state index is 0.152. The van der Waals surface area contributed by atoms with Crippen LogP contribution in [0, 0.1) is 10.1 Å². The fourth-order valence-corrected chi connectivity index (χ4v) is 3.40. The highest BCUT2D eigenvalue weighted by molar-refractivity contribution is 8.00. The fraction of sp³-hybridized carbons (Fsp3) is 0.167. The summed E-state index contributed by atoms with van der Waals surface area (Å²) in [5.41, 5.74) is 0.960. The maximum Gasteiger partial charge on any atom is 0.271 e. The highest BCUT2D eigenvalue weighted by atomic mass is 35.5. The molecule has 0 saturated carbocycles. The molecule has 1 unspecified atom stereocenters. The second-order valence-corrected chi connectivity index (χ2v) is 7.62. The predicted octanol–water partition coefficient (Wildman–Crippen LogP) is 4.16. The quantitative estimate of drug-likeness (QED) is 0.367. The number of nitrogens with one attached hydrogen (secondary N) is 1. The van der Waals surface area contributed by atoms with Crippen molar-refractivity contribution in [3.63, 3.8) is 0 Å². The van der Waals surface area contributed by atoms with Crippen molar-refractivity contribution >= 4 is 40.6 Å². The number of aromatic nitrogens is 3. The number of carbonyl (C=O) groups excluding carboxylic acids is 1. The second-order valence-electron chi connectivity index (χ2n) is 5.90. The van der Waals surface area contributed by atoms with E-state index in [1.165, 1.54) is 30.0 Å². The Balaban J connectivity index is 1.73. The average molecular weight is 418 g/mol. The summed E-state index contributed by atoms with van der Waals surface area (Å²) in [4.78, 5) is 22.9. The van der Waals surface area contributed by atoms with Crippen molar-refractivity contribution in [2.75, 3.05) is 5.32 Å². The number of nitrogens with zero attached hydrogens (tertiary/aromatic N) is 4. The molecule has 1 aromatic heterocycles. The van der Waals surface area contributed by atoms with Crippen LogP contribution in [0.1, 0.15) is 6.92 Å². The van der Waals surface area contributed by atoms with Gasteiger partial charge in [-0.15, -0.1) is 10.2 Å². The van der Waals surface area contributed by atoms with E-state index < -0.39 is 10.2 Å². The molecule has 144 valence electrons. The number of thioether (sulfide) groups is 1. The Morgan fingerprint density at radius 2 is 1.96 bits per heavy atom. The fourth-order valence-electron chi connectivity index (χ4n) is 2.42. The number of nitro benzene ring substituents is 1. The van der Waals surface area contributed by atoms with Gasteiger partial charge in [0.25, 0.3) is 5.69 Å². The van der Waals surface area contributed by atoms with Gasteiger partial charge in [-0.05, 0) is 13.0 Å². The summed E-state index contributed by atoms with van der Waals surface area (Å²) in [5, 5.41) is 22.2. The van der Waals surface area contributed by atoms with Crippen molar-refractivity contribution < 1.29 is 9.72 Å². The Morgan fingerprint density at radius 1 is 1.25 bits per heavy atom. The van der Waals surface area contributed by atoms with Crippen LogP contribution in [0.15, 0.2) is 53.7 Å². The van der Waals surface area contributed by atoms with Gasteiger partial charge >= 0.3 is 0 Å². The van der Waals surface area contributed by atoms with Crippen molar-refractivity contribution in [3.05, 3.63) is 63.7 Å². The zero-order valence-corrected chi connectivity index (χ0v) is 16.6. The lowest BCUT2D eigenvalue weighted by Crippen LogP contribution is -2.23. The number of non-ortho nitro benzene ring substituents is 1. The van der Waals surface area contributed by atoms with E-state index in [4.69, 9.17) is 11.6 Å². The lowest BCUT2D eigenvalue weighted by atomic mass is 10.2.